The maximum Gasteiger partial charge on any atom is 0.0784 e. The summed E-state index contributed by atoms with van der Waals surface area (Å²) in [7, 11) is 0. The largest absolute Gasteiger partial charge is 0.262 e. The fourth-order valence-electron chi connectivity index (χ4n) is 2.10. The molecule has 0 amide bonds. The average Bonchev–Trinajstić information content (AvgIpc) is 2.60. The molecule has 1 aromatic rings. The van der Waals surface area contributed by atoms with Crippen LogP contribution in [0.5, 0.6) is 0 Å². The second kappa shape index (κ2) is 4.92. The number of allylic oxidation sites excluding steroid dienone is 2. The molecule has 0 aromatic carbocycles. The number of rotatable bonds is 2. The molecule has 1 unspecified atom stereocenters. The molecule has 88 valence electrons. The van der Waals surface area contributed by atoms with Gasteiger partial charge in [0, 0.05) is 6.04 Å². The number of hydrogen-bond acceptors (Lipinski definition) is 1. The van der Waals surface area contributed by atoms with Gasteiger partial charge in [-0.3, -0.25) is 4.68 Å². The second-order valence-electron chi connectivity index (χ2n) is 4.48. The molecule has 16 heavy (non-hydrogen) atoms. The van der Waals surface area contributed by atoms with Gasteiger partial charge in [0.15, 0.2) is 0 Å². The molecule has 0 saturated carbocycles. The van der Waals surface area contributed by atoms with E-state index in [0.29, 0.717) is 6.04 Å². The summed E-state index contributed by atoms with van der Waals surface area (Å²) in [6, 6.07) is 0.373. The normalized spacial score (nSPS) is 21.3. The summed E-state index contributed by atoms with van der Waals surface area (Å²) in [6.07, 6.45) is 7.38. The Hall–Kier alpha value is -0.280. The third-order valence-electron chi connectivity index (χ3n) is 2.85. The number of alkyl halides is 1. The Bertz CT molecular complexity index is 409. The summed E-state index contributed by atoms with van der Waals surface area (Å²) in [4.78, 5) is 0. The molecule has 0 radical (unpaired) electrons. The van der Waals surface area contributed by atoms with Crippen LogP contribution in [0.25, 0.3) is 5.57 Å². The van der Waals surface area contributed by atoms with E-state index in [-0.39, 0.29) is 5.38 Å². The molecule has 4 heteroatoms. The van der Waals surface area contributed by atoms with E-state index in [0.717, 1.165) is 23.7 Å². The molecule has 1 heterocycles. The molecule has 0 bridgehead atoms. The average molecular weight is 304 g/mol. The summed E-state index contributed by atoms with van der Waals surface area (Å²) < 4.78 is 3.13. The smallest absolute Gasteiger partial charge is 0.0784 e. The molecule has 0 aliphatic heterocycles. The summed E-state index contributed by atoms with van der Waals surface area (Å²) in [5.41, 5.74) is 2.52. The lowest BCUT2D eigenvalue weighted by Gasteiger charge is -2.19. The topological polar surface area (TPSA) is 17.8 Å². The van der Waals surface area contributed by atoms with Crippen molar-refractivity contribution in [1.29, 1.82) is 0 Å². The van der Waals surface area contributed by atoms with E-state index in [4.69, 9.17) is 11.6 Å². The van der Waals surface area contributed by atoms with E-state index in [1.165, 1.54) is 11.3 Å². The second-order valence-corrected chi connectivity index (χ2v) is 5.89. The maximum atomic E-state index is 6.19. The SMILES string of the molecule is CC(C)n1ncc(Br)c1C1=CC(Cl)CCC1. The zero-order valence-corrected chi connectivity index (χ0v) is 11.9. The minimum Gasteiger partial charge on any atom is -0.262 e. The van der Waals surface area contributed by atoms with Crippen molar-refractivity contribution in [2.75, 3.05) is 0 Å². The van der Waals surface area contributed by atoms with Gasteiger partial charge in [-0.05, 0) is 54.6 Å². The summed E-state index contributed by atoms with van der Waals surface area (Å²) in [6.45, 7) is 4.29. The van der Waals surface area contributed by atoms with Crippen molar-refractivity contribution in [3.8, 4) is 0 Å². The number of nitrogens with zero attached hydrogens (tertiary/aromatic N) is 2. The standard InChI is InChI=1S/C12H16BrClN2/c1-8(2)16-12(11(13)7-15-16)9-4-3-5-10(14)6-9/h6-8,10H,3-5H2,1-2H3. The molecular weight excluding hydrogens is 288 g/mol. The fraction of sp³-hybridized carbons (Fsp3) is 0.583. The van der Waals surface area contributed by atoms with Crippen LogP contribution in [-0.4, -0.2) is 15.2 Å². The first-order chi connectivity index (χ1) is 7.59. The van der Waals surface area contributed by atoms with Crippen molar-refractivity contribution in [2.45, 2.75) is 44.5 Å². The highest BCUT2D eigenvalue weighted by Crippen LogP contribution is 2.34. The molecule has 0 spiro atoms. The fourth-order valence-corrected chi connectivity index (χ4v) is 2.94. The zero-order valence-electron chi connectivity index (χ0n) is 9.58. The molecule has 0 saturated heterocycles. The lowest BCUT2D eigenvalue weighted by atomic mass is 9.96. The highest BCUT2D eigenvalue weighted by molar-refractivity contribution is 9.10. The molecular formula is C12H16BrClN2. The van der Waals surface area contributed by atoms with Gasteiger partial charge >= 0.3 is 0 Å². The minimum atomic E-state index is 0.172. The van der Waals surface area contributed by atoms with Crippen molar-refractivity contribution in [1.82, 2.24) is 9.78 Å². The molecule has 0 N–H and O–H groups in total. The van der Waals surface area contributed by atoms with Crippen LogP contribution >= 0.6 is 27.5 Å². The number of hydrogen-bond donors (Lipinski definition) is 0. The third-order valence-corrected chi connectivity index (χ3v) is 3.78. The molecule has 1 aromatic heterocycles. The van der Waals surface area contributed by atoms with Gasteiger partial charge in [-0.2, -0.15) is 5.10 Å². The van der Waals surface area contributed by atoms with E-state index in [1.54, 1.807) is 0 Å². The first-order valence-corrected chi connectivity index (χ1v) is 6.90. The van der Waals surface area contributed by atoms with Gasteiger partial charge in [0.2, 0.25) is 0 Å². The van der Waals surface area contributed by atoms with Gasteiger partial charge in [-0.25, -0.2) is 0 Å². The predicted molar refractivity (Wildman–Crippen MR) is 71.8 cm³/mol. The Kier molecular flexibility index (Phi) is 3.75. The van der Waals surface area contributed by atoms with E-state index in [1.807, 2.05) is 6.20 Å². The van der Waals surface area contributed by atoms with Crippen molar-refractivity contribution in [2.24, 2.45) is 0 Å². The molecule has 1 aliphatic carbocycles. The molecule has 2 rings (SSSR count). The first-order valence-electron chi connectivity index (χ1n) is 5.67. The van der Waals surface area contributed by atoms with Crippen LogP contribution in [0.15, 0.2) is 16.7 Å². The Balaban J connectivity index is 2.42. The van der Waals surface area contributed by atoms with E-state index >= 15 is 0 Å². The lowest BCUT2D eigenvalue weighted by Crippen LogP contribution is -2.10. The van der Waals surface area contributed by atoms with Crippen molar-refractivity contribution in [3.63, 3.8) is 0 Å². The van der Waals surface area contributed by atoms with Gasteiger partial charge in [-0.15, -0.1) is 11.6 Å². The van der Waals surface area contributed by atoms with E-state index in [9.17, 15) is 0 Å². The van der Waals surface area contributed by atoms with Gasteiger partial charge in [0.25, 0.3) is 0 Å². The van der Waals surface area contributed by atoms with Crippen molar-refractivity contribution >= 4 is 33.1 Å². The molecule has 1 aliphatic rings. The van der Waals surface area contributed by atoms with Gasteiger partial charge in [0.05, 0.1) is 21.7 Å². The van der Waals surface area contributed by atoms with Gasteiger partial charge in [0.1, 0.15) is 0 Å². The van der Waals surface area contributed by atoms with Crippen LogP contribution in [0.3, 0.4) is 0 Å². The van der Waals surface area contributed by atoms with Crippen molar-refractivity contribution < 1.29 is 0 Å². The molecule has 1 atom stereocenters. The van der Waals surface area contributed by atoms with Crippen LogP contribution in [0, 0.1) is 0 Å². The van der Waals surface area contributed by atoms with Crippen LogP contribution in [0.4, 0.5) is 0 Å². The minimum absolute atomic E-state index is 0.172. The molecule has 2 nitrogen and oxygen atoms in total. The summed E-state index contributed by atoms with van der Waals surface area (Å²) in [5, 5.41) is 4.57. The highest BCUT2D eigenvalue weighted by Gasteiger charge is 2.19. The molecule has 0 fully saturated rings. The van der Waals surface area contributed by atoms with Gasteiger partial charge < -0.3 is 0 Å². The summed E-state index contributed by atoms with van der Waals surface area (Å²) >= 11 is 9.76. The van der Waals surface area contributed by atoms with E-state index < -0.39 is 0 Å². The van der Waals surface area contributed by atoms with Crippen LogP contribution in [0.2, 0.25) is 0 Å². The highest BCUT2D eigenvalue weighted by atomic mass is 79.9. The Labute approximate surface area is 110 Å². The Morgan fingerprint density at radius 1 is 1.56 bits per heavy atom. The van der Waals surface area contributed by atoms with Gasteiger partial charge in [-0.1, -0.05) is 6.08 Å². The number of aromatic nitrogens is 2. The Morgan fingerprint density at radius 3 is 2.94 bits per heavy atom. The monoisotopic (exact) mass is 302 g/mol. The predicted octanol–water partition coefficient (Wildman–Crippen LogP) is 4.40. The summed E-state index contributed by atoms with van der Waals surface area (Å²) in [5.74, 6) is 0. The Morgan fingerprint density at radius 2 is 2.31 bits per heavy atom. The zero-order chi connectivity index (χ0) is 11.7. The van der Waals surface area contributed by atoms with Crippen LogP contribution in [0.1, 0.15) is 44.8 Å². The van der Waals surface area contributed by atoms with Crippen LogP contribution in [-0.2, 0) is 0 Å². The lowest BCUT2D eigenvalue weighted by molar-refractivity contribution is 0.524. The number of halogens is 2. The van der Waals surface area contributed by atoms with Crippen molar-refractivity contribution in [3.05, 3.63) is 22.4 Å². The van der Waals surface area contributed by atoms with Crippen LogP contribution < -0.4 is 0 Å². The first kappa shape index (κ1) is 12.2. The van der Waals surface area contributed by atoms with E-state index in [2.05, 4.69) is 45.6 Å². The quantitative estimate of drug-likeness (QED) is 0.740. The third kappa shape index (κ3) is 2.35. The maximum absolute atomic E-state index is 6.19.